The molecule has 3 aliphatic rings. The summed E-state index contributed by atoms with van der Waals surface area (Å²) in [7, 11) is 0. The standard InChI is InChI=1S/C23H19F3N4O4.C21H20N4O3.C8H6O3.C7H6N2.C6H8N2.C2HF3O2.B.Na.H/c24-23(25,26)22(32)30(13-16-5-9-28-10-6-16)20(17-1-2-18-19(11-17)34-14-33-18)21(31)29-12-15-3-7-27-8-4-15;26-21(25-13-16-5-9-23-10-6-16)20(24-12-15-3-7-22-8-4-15)17-1-2-18-19(11-17)28-14-27-18;9-4-6-1-2-7-8(3-6)11-5-10-7;1-8-6-7-2-4-9-5-3-7;7-5-6-1-3-8-4-2-6;3-2(4,5)1(6)7;;;/h1-11,20H,12-14H2,(H,29,31);1-11,20,24H,12-14H2,(H,25,26);1-4H,5H2;2-5H,6H2;1-4H,5,7H2;(H,6,7);;;/q;;;;;;;+1;-1. The van der Waals surface area contributed by atoms with Crippen LogP contribution < -0.4 is 79.7 Å². The van der Waals surface area contributed by atoms with Crippen molar-refractivity contribution in [2.24, 2.45) is 5.73 Å². The molecule has 3 amide bonds. The van der Waals surface area contributed by atoms with Crippen molar-refractivity contribution in [3.63, 3.8) is 0 Å². The summed E-state index contributed by atoms with van der Waals surface area (Å²) in [4.78, 5) is 85.2. The van der Waals surface area contributed by atoms with Crippen LogP contribution in [0.3, 0.4) is 0 Å². The molecular formula is C67H61BF6N12NaO12. The van der Waals surface area contributed by atoms with Crippen molar-refractivity contribution in [3.05, 3.63) is 263 Å². The zero-order valence-electron chi connectivity index (χ0n) is 53.6. The van der Waals surface area contributed by atoms with Gasteiger partial charge in [-0.25, -0.2) is 11.4 Å². The van der Waals surface area contributed by atoms with E-state index < -0.39 is 48.8 Å². The third kappa shape index (κ3) is 25.8. The first kappa shape index (κ1) is 78.7. The Bertz CT molecular complexity index is 4030. The third-order valence-corrected chi connectivity index (χ3v) is 13.3. The molecule has 3 aliphatic heterocycles. The smallest absolute Gasteiger partial charge is 1.00 e. The van der Waals surface area contributed by atoms with E-state index in [0.29, 0.717) is 76.5 Å². The molecule has 0 saturated carbocycles. The molecule has 3 aromatic carbocycles. The summed E-state index contributed by atoms with van der Waals surface area (Å²) in [6, 6.07) is 34.2. The van der Waals surface area contributed by atoms with Gasteiger partial charge in [-0.15, -0.1) is 0 Å². The number of carboxylic acids is 1. The minimum Gasteiger partial charge on any atom is -1.00 e. The molecule has 6 aromatic heterocycles. The van der Waals surface area contributed by atoms with E-state index in [1.165, 1.54) is 55.1 Å². The van der Waals surface area contributed by atoms with Gasteiger partial charge in [0.25, 0.3) is 0 Å². The maximum absolute atomic E-state index is 13.6. The molecular weight excluding hydrogens is 1310 g/mol. The van der Waals surface area contributed by atoms with Gasteiger partial charge in [-0.3, -0.25) is 54.4 Å². The van der Waals surface area contributed by atoms with Crippen LogP contribution in [-0.4, -0.2) is 111 Å². The number of aromatic nitrogens is 6. The number of rotatable bonds is 17. The molecule has 3 radical (unpaired) electrons. The second-order valence-electron chi connectivity index (χ2n) is 20.0. The van der Waals surface area contributed by atoms with Crippen molar-refractivity contribution < 1.29 is 115 Å². The molecule has 0 bridgehead atoms. The van der Waals surface area contributed by atoms with Crippen molar-refractivity contribution >= 4 is 38.4 Å². The number of nitrogens with two attached hydrogens (primary N) is 1. The first-order chi connectivity index (χ1) is 46.8. The molecule has 507 valence electrons. The fourth-order valence-corrected chi connectivity index (χ4v) is 8.52. The summed E-state index contributed by atoms with van der Waals surface area (Å²) in [6.07, 6.45) is 10.1. The van der Waals surface area contributed by atoms with Gasteiger partial charge in [-0.2, -0.15) is 26.3 Å². The molecule has 9 aromatic rings. The molecule has 12 rings (SSSR count). The Morgan fingerprint density at radius 3 is 1.29 bits per heavy atom. The van der Waals surface area contributed by atoms with Gasteiger partial charge in [-0.1, -0.05) is 12.1 Å². The number of nitrogens with zero attached hydrogens (tertiary/aromatic N) is 8. The van der Waals surface area contributed by atoms with Crippen molar-refractivity contribution in [2.75, 3.05) is 20.4 Å². The second kappa shape index (κ2) is 40.5. The first-order valence-corrected chi connectivity index (χ1v) is 28.8. The summed E-state index contributed by atoms with van der Waals surface area (Å²) >= 11 is 0. The number of pyridine rings is 6. The number of carbonyl (C=O) groups excluding carboxylic acids is 4. The van der Waals surface area contributed by atoms with E-state index in [9.17, 15) is 45.5 Å². The van der Waals surface area contributed by atoms with Gasteiger partial charge >= 0.3 is 53.8 Å². The maximum Gasteiger partial charge on any atom is 1.00 e. The van der Waals surface area contributed by atoms with Crippen LogP contribution in [0.2, 0.25) is 0 Å². The first-order valence-electron chi connectivity index (χ1n) is 28.8. The van der Waals surface area contributed by atoms with Crippen LogP contribution in [0.4, 0.5) is 26.3 Å². The zero-order valence-corrected chi connectivity index (χ0v) is 54.6. The summed E-state index contributed by atoms with van der Waals surface area (Å²) in [5.41, 5.74) is 12.1. The SMILES string of the molecule is NCc1ccncc1.O=C(NCc1ccncc1)C(NCc1ccncc1)c1ccc2c(c1)OCO2.O=C(NCc1ccncc1)C(c1ccc2c(c1)OCO2)N(Cc1ccncc1)C(=O)C(F)(F)F.O=C(O)C(F)(F)F.O=Cc1ccc2c(c1)OCO2.[B].[C-]#[N+]Cc1ccncc1.[H-].[Na+]. The number of aliphatic carboxylic acids is 1. The number of benzene rings is 3. The molecule has 6 N–H and O–H groups in total. The fraction of sp³-hybridized carbons (Fsp3) is 0.194. The minimum atomic E-state index is -5.20. The van der Waals surface area contributed by atoms with Crippen molar-refractivity contribution in [1.29, 1.82) is 0 Å². The number of hydrogen-bond acceptors (Lipinski definition) is 19. The Hall–Kier alpha value is -11.0. The van der Waals surface area contributed by atoms with Crippen LogP contribution in [0.15, 0.2) is 202 Å². The van der Waals surface area contributed by atoms with Crippen molar-refractivity contribution in [3.8, 4) is 34.5 Å². The van der Waals surface area contributed by atoms with Gasteiger partial charge in [0, 0.05) is 127 Å². The van der Waals surface area contributed by atoms with E-state index in [0.717, 1.165) is 34.1 Å². The molecule has 99 heavy (non-hydrogen) atoms. The van der Waals surface area contributed by atoms with Crippen LogP contribution in [0.1, 0.15) is 68.4 Å². The van der Waals surface area contributed by atoms with E-state index in [1.807, 2.05) is 66.7 Å². The van der Waals surface area contributed by atoms with E-state index in [-0.39, 0.29) is 83.5 Å². The Morgan fingerprint density at radius 2 is 0.889 bits per heavy atom. The van der Waals surface area contributed by atoms with Crippen LogP contribution in [0, 0.1) is 6.57 Å². The number of ether oxygens (including phenoxy) is 6. The van der Waals surface area contributed by atoms with Gasteiger partial charge in [0.2, 0.25) is 38.7 Å². The minimum absolute atomic E-state index is 0. The number of halogens is 6. The number of nitrogens with one attached hydrogen (secondary N) is 3. The van der Waals surface area contributed by atoms with Crippen LogP contribution in [-0.2, 0) is 58.4 Å². The Labute approximate surface area is 588 Å². The maximum atomic E-state index is 13.6. The number of alkyl halides is 6. The monoisotopic (exact) mass is 1370 g/mol. The third-order valence-electron chi connectivity index (χ3n) is 13.3. The van der Waals surface area contributed by atoms with E-state index in [1.54, 1.807) is 79.9 Å². The summed E-state index contributed by atoms with van der Waals surface area (Å²) in [5.74, 6) is -2.46. The number of fused-ring (bicyclic) bond motifs is 3. The predicted octanol–water partition coefficient (Wildman–Crippen LogP) is 6.14. The van der Waals surface area contributed by atoms with Crippen LogP contribution in [0.5, 0.6) is 34.5 Å². The normalized spacial score (nSPS) is 12.0. The summed E-state index contributed by atoms with van der Waals surface area (Å²) in [6.45, 7) is 8.52. The molecule has 24 nitrogen and oxygen atoms in total. The summed E-state index contributed by atoms with van der Waals surface area (Å²) in [5, 5.41) is 16.1. The number of hydrogen-bond donors (Lipinski definition) is 5. The van der Waals surface area contributed by atoms with E-state index >= 15 is 0 Å². The molecule has 0 saturated heterocycles. The van der Waals surface area contributed by atoms with Crippen molar-refractivity contribution in [1.82, 2.24) is 50.8 Å². The van der Waals surface area contributed by atoms with Gasteiger partial charge in [-0.05, 0) is 154 Å². The van der Waals surface area contributed by atoms with E-state index in [4.69, 9.17) is 50.6 Å². The Kier molecular flexibility index (Phi) is 32.2. The Morgan fingerprint density at radius 1 is 0.525 bits per heavy atom. The molecule has 0 aliphatic carbocycles. The predicted molar refractivity (Wildman–Crippen MR) is 340 cm³/mol. The summed E-state index contributed by atoms with van der Waals surface area (Å²) < 4.78 is 104. The van der Waals surface area contributed by atoms with Crippen molar-refractivity contribution in [2.45, 2.75) is 63.7 Å². The fourth-order valence-electron chi connectivity index (χ4n) is 8.52. The molecule has 32 heteroatoms. The molecule has 2 atom stereocenters. The number of carboxylic acid groups (broad SMARTS) is 1. The molecule has 9 heterocycles. The average Bonchev–Trinajstić information content (AvgIpc) is 1.20. The number of aldehydes is 1. The van der Waals surface area contributed by atoms with Crippen LogP contribution >= 0.6 is 0 Å². The molecule has 0 fully saturated rings. The quantitative estimate of drug-likeness (QED) is 0.0296. The molecule has 0 spiro atoms. The number of carbonyl (C=O) groups is 5. The van der Waals surface area contributed by atoms with Gasteiger partial charge < -0.3 is 61.1 Å². The molecule has 2 unspecified atom stereocenters. The average molecular weight is 1370 g/mol. The Balaban J connectivity index is 0.000000284. The number of amides is 3. The van der Waals surface area contributed by atoms with Gasteiger partial charge in [0.1, 0.15) is 18.4 Å². The largest absolute Gasteiger partial charge is 1.00 e. The van der Waals surface area contributed by atoms with E-state index in [2.05, 4.69) is 50.7 Å². The van der Waals surface area contributed by atoms with Gasteiger partial charge in [0.05, 0.1) is 0 Å². The second-order valence-corrected chi connectivity index (χ2v) is 20.0. The topological polar surface area (TPSA) is 308 Å². The zero-order chi connectivity index (χ0) is 69.4. The van der Waals surface area contributed by atoms with Crippen LogP contribution in [0.25, 0.3) is 4.85 Å². The van der Waals surface area contributed by atoms with Gasteiger partial charge in [0.15, 0.2) is 34.5 Å².